The molecule has 2 aromatic rings. The molecule has 1 amide bonds. The lowest BCUT2D eigenvalue weighted by Gasteiger charge is -2.14. The third-order valence-electron chi connectivity index (χ3n) is 4.30. The van der Waals surface area contributed by atoms with Crippen LogP contribution in [0.4, 0.5) is 5.69 Å². The van der Waals surface area contributed by atoms with Crippen molar-refractivity contribution >= 4 is 29.2 Å². The van der Waals surface area contributed by atoms with Crippen molar-refractivity contribution in [3.05, 3.63) is 73.8 Å². The van der Waals surface area contributed by atoms with Crippen LogP contribution in [0, 0.1) is 10.1 Å². The van der Waals surface area contributed by atoms with Gasteiger partial charge in [-0.25, -0.2) is 4.79 Å². The number of ether oxygens (including phenoxy) is 1. The number of esters is 1. The van der Waals surface area contributed by atoms with Gasteiger partial charge in [-0.05, 0) is 42.2 Å². The van der Waals surface area contributed by atoms with Gasteiger partial charge < -0.3 is 10.1 Å². The van der Waals surface area contributed by atoms with Crippen LogP contribution in [0.1, 0.15) is 44.3 Å². The average Bonchev–Trinajstić information content (AvgIpc) is 3.02. The van der Waals surface area contributed by atoms with Gasteiger partial charge in [-0.1, -0.05) is 17.7 Å². The lowest BCUT2D eigenvalue weighted by Crippen LogP contribution is -2.27. The molecule has 2 aromatic carbocycles. The van der Waals surface area contributed by atoms with Crippen molar-refractivity contribution in [1.29, 1.82) is 0 Å². The van der Waals surface area contributed by atoms with Crippen LogP contribution in [0.5, 0.6) is 0 Å². The summed E-state index contributed by atoms with van der Waals surface area (Å²) in [7, 11) is 1.17. The second-order valence-electron chi connectivity index (χ2n) is 5.93. The van der Waals surface area contributed by atoms with Crippen LogP contribution in [0.2, 0.25) is 5.02 Å². The third-order valence-corrected chi connectivity index (χ3v) is 4.54. The topological polar surface area (TPSA) is 98.5 Å². The van der Waals surface area contributed by atoms with E-state index in [0.717, 1.165) is 29.7 Å². The zero-order valence-electron chi connectivity index (χ0n) is 13.8. The van der Waals surface area contributed by atoms with Gasteiger partial charge in [0.05, 0.1) is 23.6 Å². The molecule has 0 fully saturated rings. The highest BCUT2D eigenvalue weighted by atomic mass is 35.5. The summed E-state index contributed by atoms with van der Waals surface area (Å²) in [6.07, 6.45) is 1.49. The first-order chi connectivity index (χ1) is 12.4. The molecular formula is C18H15ClN2O5. The molecule has 0 heterocycles. The fourth-order valence-electron chi connectivity index (χ4n) is 3.06. The van der Waals surface area contributed by atoms with Crippen LogP contribution < -0.4 is 5.32 Å². The van der Waals surface area contributed by atoms with Gasteiger partial charge in [-0.15, -0.1) is 0 Å². The van der Waals surface area contributed by atoms with Crippen molar-refractivity contribution in [2.24, 2.45) is 0 Å². The molecule has 0 saturated heterocycles. The van der Waals surface area contributed by atoms with Crippen LogP contribution >= 0.6 is 11.6 Å². The second-order valence-corrected chi connectivity index (χ2v) is 6.36. The minimum atomic E-state index is -0.747. The molecule has 3 rings (SSSR count). The first-order valence-corrected chi connectivity index (χ1v) is 8.24. The number of benzene rings is 2. The Morgan fingerprint density at radius 2 is 1.96 bits per heavy atom. The molecule has 0 bridgehead atoms. The van der Waals surface area contributed by atoms with Gasteiger partial charge in [0.15, 0.2) is 0 Å². The zero-order chi connectivity index (χ0) is 18.8. The molecule has 7 nitrogen and oxygen atoms in total. The summed E-state index contributed by atoms with van der Waals surface area (Å²) in [4.78, 5) is 34.7. The van der Waals surface area contributed by atoms with E-state index in [2.05, 4.69) is 10.1 Å². The molecule has 1 atom stereocenters. The van der Waals surface area contributed by atoms with Gasteiger partial charge in [0.1, 0.15) is 0 Å². The fourth-order valence-corrected chi connectivity index (χ4v) is 3.26. The molecule has 0 aliphatic heterocycles. The van der Waals surface area contributed by atoms with Gasteiger partial charge >= 0.3 is 5.97 Å². The van der Waals surface area contributed by atoms with Crippen molar-refractivity contribution in [2.45, 2.75) is 18.9 Å². The summed E-state index contributed by atoms with van der Waals surface area (Å²) in [6.45, 7) is 0. The van der Waals surface area contributed by atoms with E-state index in [4.69, 9.17) is 11.6 Å². The molecule has 134 valence electrons. The largest absolute Gasteiger partial charge is 0.465 e. The van der Waals surface area contributed by atoms with Crippen molar-refractivity contribution in [2.75, 3.05) is 7.11 Å². The Labute approximate surface area is 154 Å². The molecule has 0 aromatic heterocycles. The first-order valence-electron chi connectivity index (χ1n) is 7.86. The highest BCUT2D eigenvalue weighted by Gasteiger charge is 2.26. The minimum absolute atomic E-state index is 0.0296. The molecule has 1 N–H and O–H groups in total. The van der Waals surface area contributed by atoms with Crippen LogP contribution in [0.15, 0.2) is 36.4 Å². The number of amides is 1. The Morgan fingerprint density at radius 3 is 2.65 bits per heavy atom. The molecule has 1 aliphatic rings. The number of carbonyl (C=O) groups is 2. The van der Waals surface area contributed by atoms with E-state index in [1.54, 1.807) is 6.07 Å². The number of rotatable bonds is 4. The van der Waals surface area contributed by atoms with Crippen molar-refractivity contribution in [3.8, 4) is 0 Å². The van der Waals surface area contributed by atoms with Crippen LogP contribution in [-0.2, 0) is 11.2 Å². The van der Waals surface area contributed by atoms with E-state index in [9.17, 15) is 19.7 Å². The molecule has 26 heavy (non-hydrogen) atoms. The summed E-state index contributed by atoms with van der Waals surface area (Å²) in [5.41, 5.74) is 1.67. The maximum Gasteiger partial charge on any atom is 0.338 e. The second kappa shape index (κ2) is 7.13. The van der Waals surface area contributed by atoms with Crippen molar-refractivity contribution < 1.29 is 19.2 Å². The lowest BCUT2D eigenvalue weighted by molar-refractivity contribution is -0.384. The van der Waals surface area contributed by atoms with E-state index in [1.807, 2.05) is 12.1 Å². The smallest absolute Gasteiger partial charge is 0.338 e. The van der Waals surface area contributed by atoms with Crippen molar-refractivity contribution in [1.82, 2.24) is 5.32 Å². The standard InChI is InChI=1S/C18H15ClN2O5/c1-26-18(23)12-6-11(8-14(9-12)21(24)25)17(22)20-16-5-2-10-7-13(19)3-4-15(10)16/h3-4,6-9,16H,2,5H2,1H3,(H,20,22). The number of nitro groups is 1. The van der Waals surface area contributed by atoms with Gasteiger partial charge in [-0.2, -0.15) is 0 Å². The quantitative estimate of drug-likeness (QED) is 0.502. The zero-order valence-corrected chi connectivity index (χ0v) is 14.6. The maximum absolute atomic E-state index is 12.6. The SMILES string of the molecule is COC(=O)c1cc(C(=O)NC2CCc3cc(Cl)ccc32)cc([N+](=O)[O-])c1. The minimum Gasteiger partial charge on any atom is -0.465 e. The lowest BCUT2D eigenvalue weighted by atomic mass is 10.1. The Hall–Kier alpha value is -2.93. The third kappa shape index (κ3) is 3.52. The molecular weight excluding hydrogens is 360 g/mol. The number of nitrogens with zero attached hydrogens (tertiary/aromatic N) is 1. The van der Waals surface area contributed by atoms with Gasteiger partial charge in [-0.3, -0.25) is 14.9 Å². The number of nitro benzene ring substituents is 1. The highest BCUT2D eigenvalue weighted by molar-refractivity contribution is 6.30. The van der Waals surface area contributed by atoms with Crippen LogP contribution in [-0.4, -0.2) is 23.9 Å². The molecule has 1 unspecified atom stereocenters. The summed E-state index contributed by atoms with van der Waals surface area (Å²) in [5.74, 6) is -1.24. The number of nitrogens with one attached hydrogen (secondary N) is 1. The summed E-state index contributed by atoms with van der Waals surface area (Å²) >= 11 is 5.99. The number of hydrogen-bond donors (Lipinski definition) is 1. The number of methoxy groups -OCH3 is 1. The normalized spacial score (nSPS) is 15.2. The highest BCUT2D eigenvalue weighted by Crippen LogP contribution is 2.33. The molecule has 0 saturated carbocycles. The Morgan fingerprint density at radius 1 is 1.23 bits per heavy atom. The number of hydrogen-bond acceptors (Lipinski definition) is 5. The number of fused-ring (bicyclic) bond motifs is 1. The summed E-state index contributed by atoms with van der Waals surface area (Å²) in [6, 6.07) is 8.78. The molecule has 0 spiro atoms. The first kappa shape index (κ1) is 17.9. The Bertz CT molecular complexity index is 912. The van der Waals surface area contributed by atoms with E-state index < -0.39 is 16.8 Å². The molecule has 8 heteroatoms. The predicted octanol–water partition coefficient (Wildman–Crippen LogP) is 3.45. The van der Waals surface area contributed by atoms with Gasteiger partial charge in [0, 0.05) is 22.7 Å². The van der Waals surface area contributed by atoms with E-state index in [0.29, 0.717) is 11.4 Å². The maximum atomic E-state index is 12.6. The summed E-state index contributed by atoms with van der Waals surface area (Å²) in [5, 5.41) is 14.6. The number of non-ortho nitro benzene ring substituents is 1. The predicted molar refractivity (Wildman–Crippen MR) is 94.4 cm³/mol. The van der Waals surface area contributed by atoms with Gasteiger partial charge in [0.25, 0.3) is 11.6 Å². The molecule has 0 radical (unpaired) electrons. The average molecular weight is 375 g/mol. The van der Waals surface area contributed by atoms with E-state index in [-0.39, 0.29) is 22.9 Å². The van der Waals surface area contributed by atoms with Crippen molar-refractivity contribution in [3.63, 3.8) is 0 Å². The Balaban J connectivity index is 1.88. The number of carbonyl (C=O) groups excluding carboxylic acids is 2. The number of halogens is 1. The van der Waals surface area contributed by atoms with Crippen LogP contribution in [0.25, 0.3) is 0 Å². The van der Waals surface area contributed by atoms with E-state index in [1.165, 1.54) is 13.2 Å². The van der Waals surface area contributed by atoms with E-state index >= 15 is 0 Å². The fraction of sp³-hybridized carbons (Fsp3) is 0.222. The van der Waals surface area contributed by atoms with Gasteiger partial charge in [0.2, 0.25) is 0 Å². The monoisotopic (exact) mass is 374 g/mol. The Kier molecular flexibility index (Phi) is 4.90. The molecule has 1 aliphatic carbocycles. The van der Waals surface area contributed by atoms with Crippen LogP contribution in [0.3, 0.4) is 0 Å². The number of aryl methyl sites for hydroxylation is 1. The summed E-state index contributed by atoms with van der Waals surface area (Å²) < 4.78 is 4.59.